The van der Waals surface area contributed by atoms with E-state index in [1.54, 1.807) is 24.3 Å². The molecular weight excluding hydrogens is 461 g/mol. The minimum atomic E-state index is -1.07. The highest BCUT2D eigenvalue weighted by Gasteiger charge is 2.11. The topological polar surface area (TPSA) is 67.8 Å². The van der Waals surface area contributed by atoms with Crippen LogP contribution in [0, 0.1) is 0 Å². The van der Waals surface area contributed by atoms with Crippen LogP contribution in [0.2, 0.25) is 15.1 Å². The number of halogens is 3. The Balaban J connectivity index is 1.70. The summed E-state index contributed by atoms with van der Waals surface area (Å²) in [7, 11) is 0. The number of hydrogen-bond acceptors (Lipinski definition) is 4. The fourth-order valence-electron chi connectivity index (χ4n) is 2.84. The molecule has 0 saturated carbocycles. The number of carboxylic acid groups (broad SMARTS) is 1. The van der Waals surface area contributed by atoms with E-state index in [1.807, 2.05) is 31.2 Å². The lowest BCUT2D eigenvalue weighted by molar-refractivity contribution is 0.0697. The monoisotopic (exact) mass is 479 g/mol. The molecule has 0 radical (unpaired) electrons. The van der Waals surface area contributed by atoms with Crippen molar-refractivity contribution in [3.05, 3.63) is 86.4 Å². The third-order valence-corrected chi connectivity index (χ3v) is 5.45. The molecule has 3 rings (SSSR count). The van der Waals surface area contributed by atoms with Crippen LogP contribution in [0.25, 0.3) is 0 Å². The van der Waals surface area contributed by atoms with Crippen molar-refractivity contribution in [2.24, 2.45) is 0 Å². The number of anilines is 1. The molecule has 0 heterocycles. The molecule has 2 N–H and O–H groups in total. The van der Waals surface area contributed by atoms with Crippen molar-refractivity contribution in [1.82, 2.24) is 0 Å². The Morgan fingerprint density at radius 2 is 1.61 bits per heavy atom. The molecule has 0 aliphatic heterocycles. The second-order valence-corrected chi connectivity index (χ2v) is 7.83. The molecule has 0 saturated heterocycles. The number of carboxylic acids is 1. The van der Waals surface area contributed by atoms with E-state index in [9.17, 15) is 9.90 Å². The SMILES string of the molecule is CCOc1cc(CNc2ccc(Cl)c(C(=O)O)c2)ccc1OCc1ccc(Cl)c(Cl)c1. The van der Waals surface area contributed by atoms with E-state index in [2.05, 4.69) is 5.32 Å². The summed E-state index contributed by atoms with van der Waals surface area (Å²) in [6.45, 7) is 3.17. The first kappa shape index (κ1) is 23.1. The third kappa shape index (κ3) is 6.20. The van der Waals surface area contributed by atoms with E-state index in [-0.39, 0.29) is 10.6 Å². The van der Waals surface area contributed by atoms with Crippen molar-refractivity contribution in [2.45, 2.75) is 20.1 Å². The van der Waals surface area contributed by atoms with Crippen LogP contribution < -0.4 is 14.8 Å². The van der Waals surface area contributed by atoms with Gasteiger partial charge in [0.15, 0.2) is 11.5 Å². The molecule has 0 spiro atoms. The van der Waals surface area contributed by atoms with Gasteiger partial charge in [-0.15, -0.1) is 0 Å². The quantitative estimate of drug-likeness (QED) is 0.347. The predicted molar refractivity (Wildman–Crippen MR) is 124 cm³/mol. The molecule has 0 aliphatic carbocycles. The molecule has 3 aromatic carbocycles. The highest BCUT2D eigenvalue weighted by atomic mass is 35.5. The standard InChI is InChI=1S/C23H20Cl3NO4/c1-2-30-22-10-14(12-27-16-5-7-18(24)17(11-16)23(28)29)4-8-21(22)31-13-15-3-6-19(25)20(26)9-15/h3-11,27H,2,12-13H2,1H3,(H,28,29). The van der Waals surface area contributed by atoms with Crippen molar-refractivity contribution < 1.29 is 19.4 Å². The normalized spacial score (nSPS) is 10.6. The van der Waals surface area contributed by atoms with E-state index < -0.39 is 5.97 Å². The first-order valence-corrected chi connectivity index (χ1v) is 10.6. The van der Waals surface area contributed by atoms with Crippen LogP contribution in [0.15, 0.2) is 54.6 Å². The molecule has 0 amide bonds. The Hall–Kier alpha value is -2.60. The third-order valence-electron chi connectivity index (χ3n) is 4.38. The average molecular weight is 481 g/mol. The second kappa shape index (κ2) is 10.6. The largest absolute Gasteiger partial charge is 0.490 e. The summed E-state index contributed by atoms with van der Waals surface area (Å²) in [5.41, 5.74) is 2.53. The molecule has 0 unspecified atom stereocenters. The first-order valence-electron chi connectivity index (χ1n) is 9.46. The summed E-state index contributed by atoms with van der Waals surface area (Å²) in [5, 5.41) is 13.6. The Kier molecular flexibility index (Phi) is 7.91. The van der Waals surface area contributed by atoms with Gasteiger partial charge >= 0.3 is 5.97 Å². The highest BCUT2D eigenvalue weighted by Crippen LogP contribution is 2.31. The zero-order valence-electron chi connectivity index (χ0n) is 16.6. The van der Waals surface area contributed by atoms with Gasteiger partial charge in [-0.05, 0) is 60.5 Å². The van der Waals surface area contributed by atoms with Gasteiger partial charge in [0.05, 0.1) is 27.2 Å². The summed E-state index contributed by atoms with van der Waals surface area (Å²) >= 11 is 17.9. The molecular formula is C23H20Cl3NO4. The molecule has 3 aromatic rings. The van der Waals surface area contributed by atoms with Crippen LogP contribution >= 0.6 is 34.8 Å². The summed E-state index contributed by atoms with van der Waals surface area (Å²) < 4.78 is 11.6. The summed E-state index contributed by atoms with van der Waals surface area (Å²) in [6.07, 6.45) is 0. The van der Waals surface area contributed by atoms with Crippen LogP contribution in [-0.4, -0.2) is 17.7 Å². The van der Waals surface area contributed by atoms with Crippen LogP contribution in [0.4, 0.5) is 5.69 Å². The zero-order chi connectivity index (χ0) is 22.4. The Morgan fingerprint density at radius 1 is 0.871 bits per heavy atom. The zero-order valence-corrected chi connectivity index (χ0v) is 18.9. The van der Waals surface area contributed by atoms with E-state index >= 15 is 0 Å². The molecule has 0 bridgehead atoms. The predicted octanol–water partition coefficient (Wildman–Crippen LogP) is 6.93. The van der Waals surface area contributed by atoms with Crippen LogP contribution in [0.1, 0.15) is 28.4 Å². The minimum Gasteiger partial charge on any atom is -0.490 e. The number of nitrogens with one attached hydrogen (secondary N) is 1. The fraction of sp³-hybridized carbons (Fsp3) is 0.174. The average Bonchev–Trinajstić information content (AvgIpc) is 2.75. The Labute approximate surface area is 195 Å². The Bertz CT molecular complexity index is 1090. The molecule has 0 aromatic heterocycles. The Morgan fingerprint density at radius 3 is 2.32 bits per heavy atom. The summed E-state index contributed by atoms with van der Waals surface area (Å²) in [4.78, 5) is 11.2. The molecule has 0 aliphatic rings. The van der Waals surface area contributed by atoms with E-state index in [0.717, 1.165) is 11.1 Å². The maximum Gasteiger partial charge on any atom is 0.337 e. The van der Waals surface area contributed by atoms with E-state index in [0.29, 0.717) is 47.0 Å². The van der Waals surface area contributed by atoms with Crippen molar-refractivity contribution in [1.29, 1.82) is 0 Å². The lowest BCUT2D eigenvalue weighted by Crippen LogP contribution is -2.04. The lowest BCUT2D eigenvalue weighted by Gasteiger charge is -2.15. The van der Waals surface area contributed by atoms with Crippen molar-refractivity contribution >= 4 is 46.5 Å². The maximum atomic E-state index is 11.2. The van der Waals surface area contributed by atoms with Crippen LogP contribution in [0.5, 0.6) is 11.5 Å². The number of hydrogen-bond donors (Lipinski definition) is 2. The van der Waals surface area contributed by atoms with Crippen LogP contribution in [-0.2, 0) is 13.2 Å². The number of carbonyl (C=O) groups is 1. The van der Waals surface area contributed by atoms with Gasteiger partial charge in [-0.3, -0.25) is 0 Å². The molecule has 0 atom stereocenters. The van der Waals surface area contributed by atoms with Gasteiger partial charge in [0.2, 0.25) is 0 Å². The van der Waals surface area contributed by atoms with Gasteiger partial charge in [-0.25, -0.2) is 4.79 Å². The molecule has 31 heavy (non-hydrogen) atoms. The van der Waals surface area contributed by atoms with Gasteiger partial charge in [0.25, 0.3) is 0 Å². The van der Waals surface area contributed by atoms with Crippen molar-refractivity contribution in [3.8, 4) is 11.5 Å². The molecule has 0 fully saturated rings. The van der Waals surface area contributed by atoms with Crippen molar-refractivity contribution in [2.75, 3.05) is 11.9 Å². The molecule has 5 nitrogen and oxygen atoms in total. The summed E-state index contributed by atoms with van der Waals surface area (Å²) in [5.74, 6) is 0.149. The van der Waals surface area contributed by atoms with Crippen LogP contribution in [0.3, 0.4) is 0 Å². The lowest BCUT2D eigenvalue weighted by atomic mass is 10.1. The second-order valence-electron chi connectivity index (χ2n) is 6.60. The fourth-order valence-corrected chi connectivity index (χ4v) is 3.36. The highest BCUT2D eigenvalue weighted by molar-refractivity contribution is 6.42. The molecule has 162 valence electrons. The summed E-state index contributed by atoms with van der Waals surface area (Å²) in [6, 6.07) is 15.8. The number of rotatable bonds is 9. The first-order chi connectivity index (χ1) is 14.9. The van der Waals surface area contributed by atoms with Crippen molar-refractivity contribution in [3.63, 3.8) is 0 Å². The number of ether oxygens (including phenoxy) is 2. The van der Waals surface area contributed by atoms with Gasteiger partial charge in [0, 0.05) is 12.2 Å². The molecule has 8 heteroatoms. The van der Waals surface area contributed by atoms with E-state index in [1.165, 1.54) is 6.07 Å². The van der Waals surface area contributed by atoms with Gasteiger partial charge in [-0.1, -0.05) is 46.9 Å². The minimum absolute atomic E-state index is 0.0488. The number of aromatic carboxylic acids is 1. The van der Waals surface area contributed by atoms with Gasteiger partial charge < -0.3 is 19.9 Å². The van der Waals surface area contributed by atoms with Gasteiger partial charge in [-0.2, -0.15) is 0 Å². The van der Waals surface area contributed by atoms with Gasteiger partial charge in [0.1, 0.15) is 6.61 Å². The smallest absolute Gasteiger partial charge is 0.337 e. The maximum absolute atomic E-state index is 11.2. The van der Waals surface area contributed by atoms with E-state index in [4.69, 9.17) is 44.3 Å². The number of benzene rings is 3.